The largest absolute Gasteiger partial charge is 0.325 e. The lowest BCUT2D eigenvalue weighted by Crippen LogP contribution is -2.14. The minimum atomic E-state index is 0.830. The maximum Gasteiger partial charge on any atom is 0.159 e. The number of rotatable bonds is 3. The summed E-state index contributed by atoms with van der Waals surface area (Å²) >= 11 is 7.58. The third-order valence-electron chi connectivity index (χ3n) is 2.19. The van der Waals surface area contributed by atoms with Crippen LogP contribution in [0.5, 0.6) is 0 Å². The molecule has 0 fully saturated rings. The number of halogens is 1. The van der Waals surface area contributed by atoms with Gasteiger partial charge in [0.2, 0.25) is 0 Å². The number of nitrogens with zero attached hydrogens (tertiary/aromatic N) is 2. The maximum absolute atomic E-state index is 6.04. The summed E-state index contributed by atoms with van der Waals surface area (Å²) in [5.41, 5.74) is 5.39. The smallest absolute Gasteiger partial charge is 0.159 e. The van der Waals surface area contributed by atoms with Crippen LogP contribution in [0.25, 0.3) is 11.4 Å². The Kier molecular flexibility index (Phi) is 2.98. The second kappa shape index (κ2) is 4.24. The lowest BCUT2D eigenvalue weighted by molar-refractivity contribution is 0.871. The first kappa shape index (κ1) is 10.5. The molecular weight excluding hydrogens is 230 g/mol. The van der Waals surface area contributed by atoms with Gasteiger partial charge < -0.3 is 5.43 Å². The van der Waals surface area contributed by atoms with E-state index in [4.69, 9.17) is 11.6 Å². The van der Waals surface area contributed by atoms with Crippen molar-refractivity contribution in [3.05, 3.63) is 27.7 Å². The van der Waals surface area contributed by atoms with E-state index >= 15 is 0 Å². The molecular formula is C10H12ClN3S. The molecule has 0 aliphatic carbocycles. The maximum atomic E-state index is 6.04. The van der Waals surface area contributed by atoms with Gasteiger partial charge in [-0.3, -0.25) is 0 Å². The highest BCUT2D eigenvalue weighted by Gasteiger charge is 2.12. The summed E-state index contributed by atoms with van der Waals surface area (Å²) in [5, 5.41) is 2.04. The van der Waals surface area contributed by atoms with Gasteiger partial charge in [-0.25, -0.2) is 9.66 Å². The van der Waals surface area contributed by atoms with Gasteiger partial charge in [0, 0.05) is 29.9 Å². The van der Waals surface area contributed by atoms with Crippen molar-refractivity contribution in [1.29, 1.82) is 0 Å². The summed E-state index contributed by atoms with van der Waals surface area (Å²) in [5.74, 6) is 0.914. The average Bonchev–Trinajstić information content (AvgIpc) is 2.77. The summed E-state index contributed by atoms with van der Waals surface area (Å²) in [6, 6.07) is 0. The monoisotopic (exact) mass is 241 g/mol. The van der Waals surface area contributed by atoms with E-state index < -0.39 is 0 Å². The molecule has 0 aromatic carbocycles. The molecule has 2 heterocycles. The molecule has 0 radical (unpaired) electrons. The van der Waals surface area contributed by atoms with Gasteiger partial charge in [-0.05, 0) is 19.4 Å². The Morgan fingerprint density at radius 1 is 1.60 bits per heavy atom. The minimum Gasteiger partial charge on any atom is -0.325 e. The van der Waals surface area contributed by atoms with Crippen molar-refractivity contribution in [2.75, 3.05) is 12.0 Å². The van der Waals surface area contributed by atoms with Gasteiger partial charge >= 0.3 is 0 Å². The van der Waals surface area contributed by atoms with Crippen LogP contribution in [0.1, 0.15) is 12.5 Å². The van der Waals surface area contributed by atoms with Crippen molar-refractivity contribution in [3.8, 4) is 11.4 Å². The number of imidazole rings is 1. The van der Waals surface area contributed by atoms with E-state index in [2.05, 4.69) is 17.3 Å². The Morgan fingerprint density at radius 2 is 2.40 bits per heavy atom. The first-order valence-corrected chi connectivity index (χ1v) is 6.01. The van der Waals surface area contributed by atoms with E-state index in [-0.39, 0.29) is 0 Å². The molecule has 3 nitrogen and oxygen atoms in total. The van der Waals surface area contributed by atoms with Crippen molar-refractivity contribution >= 4 is 22.9 Å². The van der Waals surface area contributed by atoms with E-state index in [1.54, 1.807) is 17.5 Å². The van der Waals surface area contributed by atoms with Crippen molar-refractivity contribution in [3.63, 3.8) is 0 Å². The SMILES string of the molecule is CCNn1ccnc1-c1csc(Cl)c1C. The third-order valence-corrected chi connectivity index (χ3v) is 3.61. The van der Waals surface area contributed by atoms with Crippen LogP contribution in [-0.4, -0.2) is 16.2 Å². The van der Waals surface area contributed by atoms with Gasteiger partial charge in [0.25, 0.3) is 0 Å². The van der Waals surface area contributed by atoms with E-state index in [1.165, 1.54) is 0 Å². The van der Waals surface area contributed by atoms with Crippen LogP contribution < -0.4 is 5.43 Å². The number of aromatic nitrogens is 2. The molecule has 1 N–H and O–H groups in total. The van der Waals surface area contributed by atoms with Crippen molar-refractivity contribution in [2.45, 2.75) is 13.8 Å². The highest BCUT2D eigenvalue weighted by molar-refractivity contribution is 7.15. The normalized spacial score (nSPS) is 10.6. The van der Waals surface area contributed by atoms with Gasteiger partial charge in [0.15, 0.2) is 5.82 Å². The van der Waals surface area contributed by atoms with Gasteiger partial charge in [0.05, 0.1) is 4.34 Å². The summed E-state index contributed by atoms with van der Waals surface area (Å²) in [6.45, 7) is 4.93. The van der Waals surface area contributed by atoms with E-state index in [1.807, 2.05) is 23.2 Å². The standard InChI is InChI=1S/C10H12ClN3S/c1-3-13-14-5-4-12-10(14)8-6-15-9(11)7(8)2/h4-6,13H,3H2,1-2H3. The number of hydrogen-bond donors (Lipinski definition) is 1. The molecule has 0 saturated carbocycles. The molecule has 80 valence electrons. The Hall–Kier alpha value is -1.00. The van der Waals surface area contributed by atoms with Gasteiger partial charge in [0.1, 0.15) is 0 Å². The second-order valence-electron chi connectivity index (χ2n) is 3.18. The summed E-state index contributed by atoms with van der Waals surface area (Å²) in [4.78, 5) is 4.33. The quantitative estimate of drug-likeness (QED) is 0.895. The van der Waals surface area contributed by atoms with E-state index in [0.717, 1.165) is 27.8 Å². The fraction of sp³-hybridized carbons (Fsp3) is 0.300. The predicted octanol–water partition coefficient (Wildman–Crippen LogP) is 3.14. The Balaban J connectivity index is 2.44. The molecule has 0 amide bonds. The minimum absolute atomic E-state index is 0.830. The van der Waals surface area contributed by atoms with Crippen LogP contribution >= 0.6 is 22.9 Å². The molecule has 0 aliphatic heterocycles. The predicted molar refractivity (Wildman–Crippen MR) is 65.2 cm³/mol. The number of thiophene rings is 1. The summed E-state index contributed by atoms with van der Waals surface area (Å²) in [7, 11) is 0. The lowest BCUT2D eigenvalue weighted by Gasteiger charge is -2.08. The molecule has 15 heavy (non-hydrogen) atoms. The van der Waals surface area contributed by atoms with Crippen molar-refractivity contribution in [2.24, 2.45) is 0 Å². The Morgan fingerprint density at radius 3 is 3.00 bits per heavy atom. The number of nitrogens with one attached hydrogen (secondary N) is 1. The van der Waals surface area contributed by atoms with Crippen LogP contribution in [0, 0.1) is 6.92 Å². The third kappa shape index (κ3) is 1.87. The molecule has 2 rings (SSSR count). The van der Waals surface area contributed by atoms with Gasteiger partial charge in [-0.15, -0.1) is 11.3 Å². The molecule has 0 saturated heterocycles. The molecule has 2 aromatic rings. The number of hydrogen-bond acceptors (Lipinski definition) is 3. The van der Waals surface area contributed by atoms with E-state index in [0.29, 0.717) is 0 Å². The Labute approximate surface area is 97.7 Å². The van der Waals surface area contributed by atoms with Crippen molar-refractivity contribution in [1.82, 2.24) is 9.66 Å². The zero-order valence-electron chi connectivity index (χ0n) is 8.62. The first-order valence-electron chi connectivity index (χ1n) is 4.75. The zero-order valence-corrected chi connectivity index (χ0v) is 10.2. The van der Waals surface area contributed by atoms with Gasteiger partial charge in [-0.2, -0.15) is 0 Å². The average molecular weight is 242 g/mol. The zero-order chi connectivity index (χ0) is 10.8. The molecule has 0 aliphatic rings. The van der Waals surface area contributed by atoms with Crippen LogP contribution in [0.3, 0.4) is 0 Å². The lowest BCUT2D eigenvalue weighted by atomic mass is 10.2. The van der Waals surface area contributed by atoms with Crippen LogP contribution in [-0.2, 0) is 0 Å². The van der Waals surface area contributed by atoms with Gasteiger partial charge in [-0.1, -0.05) is 11.6 Å². The fourth-order valence-corrected chi connectivity index (χ4v) is 2.44. The molecule has 0 unspecified atom stereocenters. The van der Waals surface area contributed by atoms with Crippen molar-refractivity contribution < 1.29 is 0 Å². The molecule has 5 heteroatoms. The summed E-state index contributed by atoms with van der Waals surface area (Å²) < 4.78 is 2.75. The fourth-order valence-electron chi connectivity index (χ4n) is 1.41. The Bertz CT molecular complexity index is 461. The molecule has 2 aromatic heterocycles. The summed E-state index contributed by atoms with van der Waals surface area (Å²) in [6.07, 6.45) is 3.69. The topological polar surface area (TPSA) is 29.9 Å². The van der Waals surface area contributed by atoms with Crippen LogP contribution in [0.15, 0.2) is 17.8 Å². The van der Waals surface area contributed by atoms with Crippen LogP contribution in [0.2, 0.25) is 4.34 Å². The highest BCUT2D eigenvalue weighted by Crippen LogP contribution is 2.32. The molecule has 0 spiro atoms. The van der Waals surface area contributed by atoms with E-state index in [9.17, 15) is 0 Å². The van der Waals surface area contributed by atoms with Crippen LogP contribution in [0.4, 0.5) is 0 Å². The first-order chi connectivity index (χ1) is 7.24. The molecule has 0 atom stereocenters. The highest BCUT2D eigenvalue weighted by atomic mass is 35.5. The second-order valence-corrected chi connectivity index (χ2v) is 4.66. The molecule has 0 bridgehead atoms.